The summed E-state index contributed by atoms with van der Waals surface area (Å²) in [5.41, 5.74) is 2.42. The van der Waals surface area contributed by atoms with Crippen LogP contribution in [0.25, 0.3) is 5.82 Å². The molecule has 0 bridgehead atoms. The molecule has 2 amide bonds. The molecule has 1 atom stereocenters. The minimum Gasteiger partial charge on any atom is -0.459 e. The number of furan rings is 1. The molecule has 0 aliphatic carbocycles. The largest absolute Gasteiger partial charge is 0.459 e. The number of carbonyl (C=O) groups is 2. The quantitative estimate of drug-likeness (QED) is 0.684. The van der Waals surface area contributed by atoms with Gasteiger partial charge in [0.05, 0.1) is 23.8 Å². The summed E-state index contributed by atoms with van der Waals surface area (Å²) in [5, 5.41) is 9.89. The Labute approximate surface area is 163 Å². The Bertz CT molecular complexity index is 958. The number of aromatic nitrogens is 3. The molecule has 0 aliphatic rings. The molecule has 28 heavy (non-hydrogen) atoms. The Kier molecular flexibility index (Phi) is 5.58. The molecule has 0 fully saturated rings. The molecule has 0 aliphatic heterocycles. The van der Waals surface area contributed by atoms with Gasteiger partial charge in [0, 0.05) is 5.69 Å². The predicted octanol–water partition coefficient (Wildman–Crippen LogP) is 2.87. The highest BCUT2D eigenvalue weighted by molar-refractivity contribution is 6.00. The highest BCUT2D eigenvalue weighted by Crippen LogP contribution is 2.14. The van der Waals surface area contributed by atoms with Gasteiger partial charge in [-0.2, -0.15) is 5.10 Å². The number of pyridine rings is 1. The highest BCUT2D eigenvalue weighted by Gasteiger charge is 2.25. The van der Waals surface area contributed by atoms with Crippen LogP contribution in [-0.4, -0.2) is 32.6 Å². The van der Waals surface area contributed by atoms with Crippen molar-refractivity contribution in [2.24, 2.45) is 5.92 Å². The van der Waals surface area contributed by atoms with E-state index in [1.54, 1.807) is 35.1 Å². The number of nitrogens with zero attached hydrogens (tertiary/aromatic N) is 3. The molecule has 0 unspecified atom stereocenters. The van der Waals surface area contributed by atoms with Crippen molar-refractivity contribution < 1.29 is 14.0 Å². The van der Waals surface area contributed by atoms with E-state index in [1.807, 2.05) is 33.8 Å². The van der Waals surface area contributed by atoms with Crippen LogP contribution in [0, 0.1) is 19.8 Å². The van der Waals surface area contributed by atoms with Gasteiger partial charge in [0.15, 0.2) is 11.6 Å². The zero-order chi connectivity index (χ0) is 20.3. The molecule has 3 aromatic heterocycles. The number of amides is 2. The third-order valence-corrected chi connectivity index (χ3v) is 4.22. The molecule has 3 aromatic rings. The average molecular weight is 381 g/mol. The monoisotopic (exact) mass is 381 g/mol. The Morgan fingerprint density at radius 3 is 2.50 bits per heavy atom. The van der Waals surface area contributed by atoms with Gasteiger partial charge in [0.1, 0.15) is 6.04 Å². The molecule has 2 N–H and O–H groups in total. The number of hydrogen-bond acceptors (Lipinski definition) is 5. The average Bonchev–Trinajstić information content (AvgIpc) is 3.29. The summed E-state index contributed by atoms with van der Waals surface area (Å²) in [5.74, 6) is -0.0437. The van der Waals surface area contributed by atoms with Gasteiger partial charge in [-0.1, -0.05) is 13.8 Å². The summed E-state index contributed by atoms with van der Waals surface area (Å²) in [7, 11) is 0. The smallest absolute Gasteiger partial charge is 0.287 e. The van der Waals surface area contributed by atoms with Crippen LogP contribution in [0.1, 0.15) is 35.8 Å². The van der Waals surface area contributed by atoms with Gasteiger partial charge < -0.3 is 15.1 Å². The molecule has 8 nitrogen and oxygen atoms in total. The van der Waals surface area contributed by atoms with E-state index in [9.17, 15) is 9.59 Å². The first-order chi connectivity index (χ1) is 13.3. The lowest BCUT2D eigenvalue weighted by Crippen LogP contribution is -2.47. The van der Waals surface area contributed by atoms with Crippen LogP contribution in [0.3, 0.4) is 0 Å². The first-order valence-electron chi connectivity index (χ1n) is 9.00. The SMILES string of the molecule is Cc1cc(C)n(-c2ccc(NC(=O)[C@H](NC(=O)c3ccco3)C(C)C)cn2)n1. The topological polar surface area (TPSA) is 102 Å². The van der Waals surface area contributed by atoms with Gasteiger partial charge in [0.25, 0.3) is 5.91 Å². The second-order valence-corrected chi connectivity index (χ2v) is 6.91. The summed E-state index contributed by atoms with van der Waals surface area (Å²) in [4.78, 5) is 29.2. The minimum atomic E-state index is -0.715. The molecular weight excluding hydrogens is 358 g/mol. The van der Waals surface area contributed by atoms with Gasteiger partial charge in [-0.15, -0.1) is 0 Å². The number of hydrogen-bond donors (Lipinski definition) is 2. The molecule has 146 valence electrons. The van der Waals surface area contributed by atoms with Crippen LogP contribution in [0.4, 0.5) is 5.69 Å². The third-order valence-electron chi connectivity index (χ3n) is 4.22. The van der Waals surface area contributed by atoms with Crippen LogP contribution in [0.15, 0.2) is 47.2 Å². The maximum atomic E-state index is 12.7. The molecule has 8 heteroatoms. The van der Waals surface area contributed by atoms with Crippen molar-refractivity contribution in [1.29, 1.82) is 0 Å². The number of carbonyl (C=O) groups excluding carboxylic acids is 2. The normalized spacial score (nSPS) is 12.0. The fourth-order valence-electron chi connectivity index (χ4n) is 2.82. The van der Waals surface area contributed by atoms with Crippen LogP contribution in [-0.2, 0) is 4.79 Å². The van der Waals surface area contributed by atoms with Gasteiger partial charge in [-0.25, -0.2) is 9.67 Å². The molecule has 0 radical (unpaired) electrons. The van der Waals surface area contributed by atoms with E-state index in [-0.39, 0.29) is 17.6 Å². The van der Waals surface area contributed by atoms with Crippen molar-refractivity contribution in [3.05, 3.63) is 59.9 Å². The predicted molar refractivity (Wildman–Crippen MR) is 104 cm³/mol. The summed E-state index contributed by atoms with van der Waals surface area (Å²) < 4.78 is 6.82. The summed E-state index contributed by atoms with van der Waals surface area (Å²) >= 11 is 0. The second-order valence-electron chi connectivity index (χ2n) is 6.91. The molecular formula is C20H23N5O3. The van der Waals surface area contributed by atoms with E-state index >= 15 is 0 Å². The second kappa shape index (κ2) is 8.08. The zero-order valence-electron chi connectivity index (χ0n) is 16.3. The Morgan fingerprint density at radius 2 is 1.96 bits per heavy atom. The number of anilines is 1. The Balaban J connectivity index is 1.69. The van der Waals surface area contributed by atoms with Crippen LogP contribution in [0.5, 0.6) is 0 Å². The van der Waals surface area contributed by atoms with Crippen LogP contribution < -0.4 is 10.6 Å². The first kappa shape index (κ1) is 19.3. The van der Waals surface area contributed by atoms with Crippen LogP contribution in [0.2, 0.25) is 0 Å². The third kappa shape index (κ3) is 4.28. The molecule has 3 heterocycles. The van der Waals surface area contributed by atoms with E-state index in [2.05, 4.69) is 20.7 Å². The van der Waals surface area contributed by atoms with E-state index in [0.717, 1.165) is 11.4 Å². The first-order valence-corrected chi connectivity index (χ1v) is 9.00. The van der Waals surface area contributed by atoms with E-state index in [0.29, 0.717) is 11.5 Å². The fourth-order valence-corrected chi connectivity index (χ4v) is 2.82. The Morgan fingerprint density at radius 1 is 1.18 bits per heavy atom. The van der Waals surface area contributed by atoms with E-state index in [4.69, 9.17) is 4.42 Å². The lowest BCUT2D eigenvalue weighted by atomic mass is 10.0. The van der Waals surface area contributed by atoms with Crippen LogP contribution >= 0.6 is 0 Å². The molecule has 0 spiro atoms. The van der Waals surface area contributed by atoms with Crippen molar-refractivity contribution in [1.82, 2.24) is 20.1 Å². The fraction of sp³-hybridized carbons (Fsp3) is 0.300. The summed E-state index contributed by atoms with van der Waals surface area (Å²) in [6, 6.07) is 7.95. The van der Waals surface area contributed by atoms with Gasteiger partial charge in [-0.05, 0) is 50.1 Å². The van der Waals surface area contributed by atoms with E-state index < -0.39 is 11.9 Å². The zero-order valence-corrected chi connectivity index (χ0v) is 16.3. The molecule has 0 saturated carbocycles. The number of rotatable bonds is 6. The molecule has 0 aromatic carbocycles. The molecule has 3 rings (SSSR count). The number of aryl methyl sites for hydroxylation is 2. The van der Waals surface area contributed by atoms with Crippen molar-refractivity contribution >= 4 is 17.5 Å². The van der Waals surface area contributed by atoms with Crippen molar-refractivity contribution in [2.45, 2.75) is 33.7 Å². The minimum absolute atomic E-state index is 0.110. The molecule has 0 saturated heterocycles. The maximum Gasteiger partial charge on any atom is 0.287 e. The van der Waals surface area contributed by atoms with Crippen molar-refractivity contribution in [3.8, 4) is 5.82 Å². The lowest BCUT2D eigenvalue weighted by molar-refractivity contribution is -0.118. The standard InChI is InChI=1S/C20H23N5O3/c1-12(2)18(23-19(26)16-6-5-9-28-16)20(27)22-15-7-8-17(21-11-15)25-14(4)10-13(3)24-25/h5-12,18H,1-4H3,(H,22,27)(H,23,26)/t18-/m1/s1. The van der Waals surface area contributed by atoms with Crippen molar-refractivity contribution in [2.75, 3.05) is 5.32 Å². The number of nitrogens with one attached hydrogen (secondary N) is 2. The van der Waals surface area contributed by atoms with E-state index in [1.165, 1.54) is 6.26 Å². The summed E-state index contributed by atoms with van der Waals surface area (Å²) in [6.45, 7) is 7.58. The Hall–Kier alpha value is -3.42. The lowest BCUT2D eigenvalue weighted by Gasteiger charge is -2.21. The van der Waals surface area contributed by atoms with Gasteiger partial charge in [-0.3, -0.25) is 9.59 Å². The highest BCUT2D eigenvalue weighted by atomic mass is 16.3. The van der Waals surface area contributed by atoms with Gasteiger partial charge >= 0.3 is 0 Å². The summed E-state index contributed by atoms with van der Waals surface area (Å²) in [6.07, 6.45) is 2.98. The van der Waals surface area contributed by atoms with Crippen molar-refractivity contribution in [3.63, 3.8) is 0 Å². The van der Waals surface area contributed by atoms with Gasteiger partial charge in [0.2, 0.25) is 5.91 Å². The maximum absolute atomic E-state index is 12.7.